The van der Waals surface area contributed by atoms with Gasteiger partial charge in [-0.15, -0.1) is 0 Å². The highest BCUT2D eigenvalue weighted by molar-refractivity contribution is 7.87. The fourth-order valence-electron chi connectivity index (χ4n) is 2.89. The quantitative estimate of drug-likeness (QED) is 0.331. The standard InChI is InChI=1S/C18H20O4S.C8H10O2/c1-4-12-21-18-13-16(9-8-15(18)5-2)22-23(19,20)17-10-6-14(3)7-11-17;1-2-6-3-4-7(9)5-8(6)10/h4,6-11,13H,1,5,12H2,2-3H3;3-5,9-10H,2H2,1H3. The molecular weight excluding hydrogens is 440 g/mol. The summed E-state index contributed by atoms with van der Waals surface area (Å²) in [4.78, 5) is 0.122. The van der Waals surface area contributed by atoms with Gasteiger partial charge in [0.25, 0.3) is 0 Å². The monoisotopic (exact) mass is 470 g/mol. The Balaban J connectivity index is 0.000000321. The molecule has 0 amide bonds. The fourth-order valence-corrected chi connectivity index (χ4v) is 3.82. The van der Waals surface area contributed by atoms with E-state index in [1.807, 2.05) is 20.8 Å². The van der Waals surface area contributed by atoms with Gasteiger partial charge in [-0.3, -0.25) is 0 Å². The second-order valence-corrected chi connectivity index (χ2v) is 8.79. The maximum atomic E-state index is 12.3. The summed E-state index contributed by atoms with van der Waals surface area (Å²) >= 11 is 0. The minimum atomic E-state index is -3.86. The molecular formula is C26H30O6S. The van der Waals surface area contributed by atoms with Crippen molar-refractivity contribution < 1.29 is 27.6 Å². The first kappa shape index (κ1) is 25.8. The van der Waals surface area contributed by atoms with E-state index in [4.69, 9.17) is 19.1 Å². The maximum absolute atomic E-state index is 12.3. The highest BCUT2D eigenvalue weighted by atomic mass is 32.2. The fraction of sp³-hybridized carbons (Fsp3) is 0.231. The first-order valence-corrected chi connectivity index (χ1v) is 12.0. The van der Waals surface area contributed by atoms with Gasteiger partial charge in [-0.2, -0.15) is 8.42 Å². The van der Waals surface area contributed by atoms with Gasteiger partial charge in [0.1, 0.15) is 34.5 Å². The predicted molar refractivity (Wildman–Crippen MR) is 130 cm³/mol. The van der Waals surface area contributed by atoms with Crippen molar-refractivity contribution in [2.45, 2.75) is 38.5 Å². The van der Waals surface area contributed by atoms with Crippen molar-refractivity contribution in [2.24, 2.45) is 0 Å². The first-order valence-electron chi connectivity index (χ1n) is 10.6. The number of hydrogen-bond donors (Lipinski definition) is 2. The van der Waals surface area contributed by atoms with Gasteiger partial charge in [-0.25, -0.2) is 0 Å². The number of rotatable bonds is 8. The summed E-state index contributed by atoms with van der Waals surface area (Å²) in [5.74, 6) is 1.10. The van der Waals surface area contributed by atoms with Crippen LogP contribution in [0.1, 0.15) is 30.5 Å². The highest BCUT2D eigenvalue weighted by Gasteiger charge is 2.17. The van der Waals surface area contributed by atoms with Gasteiger partial charge >= 0.3 is 10.1 Å². The Kier molecular flexibility index (Phi) is 9.36. The topological polar surface area (TPSA) is 93.1 Å². The van der Waals surface area contributed by atoms with E-state index in [0.29, 0.717) is 12.4 Å². The summed E-state index contributed by atoms with van der Waals surface area (Å²) in [6.07, 6.45) is 3.19. The lowest BCUT2D eigenvalue weighted by Gasteiger charge is -2.12. The third-order valence-electron chi connectivity index (χ3n) is 4.74. The molecule has 0 atom stereocenters. The van der Waals surface area contributed by atoms with E-state index in [2.05, 4.69) is 6.58 Å². The Labute approximate surface area is 195 Å². The number of phenols is 2. The van der Waals surface area contributed by atoms with Crippen LogP contribution in [0.3, 0.4) is 0 Å². The van der Waals surface area contributed by atoms with Gasteiger partial charge in [-0.05, 0) is 55.2 Å². The zero-order valence-corrected chi connectivity index (χ0v) is 19.9. The number of ether oxygens (including phenoxy) is 1. The van der Waals surface area contributed by atoms with Gasteiger partial charge in [0.2, 0.25) is 0 Å². The van der Waals surface area contributed by atoms with Crippen LogP contribution in [0.5, 0.6) is 23.0 Å². The summed E-state index contributed by atoms with van der Waals surface area (Å²) in [6.45, 7) is 9.80. The van der Waals surface area contributed by atoms with Crippen molar-refractivity contribution in [1.29, 1.82) is 0 Å². The molecule has 3 aromatic rings. The smallest absolute Gasteiger partial charge is 0.339 e. The summed E-state index contributed by atoms with van der Waals surface area (Å²) < 4.78 is 35.4. The van der Waals surface area contributed by atoms with Gasteiger partial charge < -0.3 is 19.1 Å². The normalized spacial score (nSPS) is 10.6. The van der Waals surface area contributed by atoms with E-state index < -0.39 is 10.1 Å². The lowest BCUT2D eigenvalue weighted by Crippen LogP contribution is -2.10. The molecule has 0 bridgehead atoms. The molecule has 0 aliphatic carbocycles. The van der Waals surface area contributed by atoms with E-state index in [1.165, 1.54) is 18.2 Å². The van der Waals surface area contributed by atoms with Crippen molar-refractivity contribution in [3.8, 4) is 23.0 Å². The summed E-state index contributed by atoms with van der Waals surface area (Å²) in [7, 11) is -3.86. The molecule has 3 rings (SSSR count). The Bertz CT molecular complexity index is 1170. The van der Waals surface area contributed by atoms with Crippen LogP contribution in [0.15, 0.2) is 78.2 Å². The Morgan fingerprint density at radius 2 is 1.55 bits per heavy atom. The second-order valence-electron chi connectivity index (χ2n) is 7.24. The molecule has 0 heterocycles. The third kappa shape index (κ3) is 7.57. The molecule has 2 N–H and O–H groups in total. The van der Waals surface area contributed by atoms with E-state index >= 15 is 0 Å². The second kappa shape index (κ2) is 12.0. The van der Waals surface area contributed by atoms with E-state index in [0.717, 1.165) is 29.5 Å². The molecule has 6 nitrogen and oxygen atoms in total. The Hall–Kier alpha value is -3.45. The first-order chi connectivity index (χ1) is 15.7. The van der Waals surface area contributed by atoms with E-state index in [9.17, 15) is 8.42 Å². The number of hydrogen-bond acceptors (Lipinski definition) is 6. The van der Waals surface area contributed by atoms with Crippen LogP contribution in [0.2, 0.25) is 0 Å². The van der Waals surface area contributed by atoms with Crippen molar-refractivity contribution in [3.05, 3.63) is 90.0 Å². The summed E-state index contributed by atoms with van der Waals surface area (Å²) in [5.41, 5.74) is 2.82. The van der Waals surface area contributed by atoms with Crippen LogP contribution in [-0.2, 0) is 23.0 Å². The van der Waals surface area contributed by atoms with Gasteiger partial charge in [0, 0.05) is 12.1 Å². The molecule has 176 valence electrons. The molecule has 0 aliphatic heterocycles. The molecule has 0 radical (unpaired) electrons. The number of benzene rings is 3. The van der Waals surface area contributed by atoms with Crippen molar-refractivity contribution in [2.75, 3.05) is 6.61 Å². The van der Waals surface area contributed by atoms with Crippen molar-refractivity contribution in [3.63, 3.8) is 0 Å². The molecule has 0 aliphatic rings. The average Bonchev–Trinajstić information content (AvgIpc) is 2.78. The van der Waals surface area contributed by atoms with Gasteiger partial charge in [-0.1, -0.05) is 56.3 Å². The molecule has 3 aromatic carbocycles. The molecule has 0 spiro atoms. The van der Waals surface area contributed by atoms with Crippen molar-refractivity contribution in [1.82, 2.24) is 0 Å². The molecule has 0 unspecified atom stereocenters. The van der Waals surface area contributed by atoms with Crippen LogP contribution < -0.4 is 8.92 Å². The lowest BCUT2D eigenvalue weighted by molar-refractivity contribution is 0.358. The van der Waals surface area contributed by atoms with E-state index in [1.54, 1.807) is 48.5 Å². The van der Waals surface area contributed by atoms with Crippen LogP contribution in [0.25, 0.3) is 0 Å². The zero-order chi connectivity index (χ0) is 24.4. The van der Waals surface area contributed by atoms with Crippen LogP contribution >= 0.6 is 0 Å². The lowest BCUT2D eigenvalue weighted by atomic mass is 10.1. The number of phenolic OH excluding ortho intramolecular Hbond substituents is 2. The largest absolute Gasteiger partial charge is 0.508 e. The summed E-state index contributed by atoms with van der Waals surface area (Å²) in [6, 6.07) is 16.2. The SMILES string of the molecule is C=CCOc1cc(OS(=O)(=O)c2ccc(C)cc2)ccc1CC.CCc1ccc(O)cc1O. The Morgan fingerprint density at radius 1 is 0.909 bits per heavy atom. The minimum Gasteiger partial charge on any atom is -0.508 e. The predicted octanol–water partition coefficient (Wildman–Crippen LogP) is 5.55. The average molecular weight is 471 g/mol. The Morgan fingerprint density at radius 3 is 2.12 bits per heavy atom. The third-order valence-corrected chi connectivity index (χ3v) is 6.00. The molecule has 0 saturated heterocycles. The van der Waals surface area contributed by atoms with Crippen LogP contribution in [-0.4, -0.2) is 25.2 Å². The van der Waals surface area contributed by atoms with Crippen molar-refractivity contribution >= 4 is 10.1 Å². The number of aromatic hydroxyl groups is 2. The molecule has 7 heteroatoms. The molecule has 0 fully saturated rings. The summed E-state index contributed by atoms with van der Waals surface area (Å²) in [5, 5.41) is 18.0. The van der Waals surface area contributed by atoms with Gasteiger partial charge in [0.15, 0.2) is 0 Å². The minimum absolute atomic E-state index is 0.106. The van der Waals surface area contributed by atoms with E-state index in [-0.39, 0.29) is 22.1 Å². The van der Waals surface area contributed by atoms with Crippen LogP contribution in [0.4, 0.5) is 0 Å². The maximum Gasteiger partial charge on any atom is 0.339 e. The molecule has 0 saturated carbocycles. The number of aryl methyl sites for hydroxylation is 3. The van der Waals surface area contributed by atoms with Gasteiger partial charge in [0.05, 0.1) is 0 Å². The molecule has 0 aromatic heterocycles. The molecule has 33 heavy (non-hydrogen) atoms. The zero-order valence-electron chi connectivity index (χ0n) is 19.1. The van der Waals surface area contributed by atoms with Crippen LogP contribution in [0, 0.1) is 6.92 Å². The highest BCUT2D eigenvalue weighted by Crippen LogP contribution is 2.28.